The van der Waals surface area contributed by atoms with Crippen LogP contribution in [0.2, 0.25) is 0 Å². The predicted octanol–water partition coefficient (Wildman–Crippen LogP) is 2.23. The van der Waals surface area contributed by atoms with Gasteiger partial charge < -0.3 is 15.7 Å². The molecule has 3 aromatic heterocycles. The number of carbonyl (C=O) groups is 1. The van der Waals surface area contributed by atoms with Crippen molar-refractivity contribution in [1.29, 1.82) is 5.26 Å². The molecule has 1 atom stereocenters. The number of aromatic nitrogens is 3. The summed E-state index contributed by atoms with van der Waals surface area (Å²) in [4.78, 5) is 17.6. The van der Waals surface area contributed by atoms with Crippen LogP contribution >= 0.6 is 0 Å². The minimum Gasteiger partial charge on any atom is -0.387 e. The van der Waals surface area contributed by atoms with Gasteiger partial charge in [-0.05, 0) is 63.8 Å². The average molecular weight is 587 g/mol. The van der Waals surface area contributed by atoms with Gasteiger partial charge in [-0.25, -0.2) is 8.91 Å². The molecule has 0 bridgehead atoms. The molecule has 12 nitrogen and oxygen atoms in total. The first kappa shape index (κ1) is 30.3. The number of hydrogen-bond donors (Lipinski definition) is 4. The topological polar surface area (TPSA) is 165 Å². The molecule has 1 amide bonds. The van der Waals surface area contributed by atoms with Crippen LogP contribution in [0.5, 0.6) is 0 Å². The van der Waals surface area contributed by atoms with Gasteiger partial charge in [0.25, 0.3) is 16.1 Å². The molecule has 0 aromatic carbocycles. The third-order valence-corrected chi connectivity index (χ3v) is 8.72. The number of hydrogen-bond acceptors (Lipinski definition) is 8. The van der Waals surface area contributed by atoms with E-state index in [2.05, 4.69) is 31.5 Å². The van der Waals surface area contributed by atoms with Gasteiger partial charge in [-0.3, -0.25) is 9.78 Å². The van der Waals surface area contributed by atoms with E-state index in [1.807, 2.05) is 12.1 Å². The quantitative estimate of drug-likeness (QED) is 0.281. The highest BCUT2D eigenvalue weighted by Crippen LogP contribution is 2.29. The molecule has 0 spiro atoms. The fourth-order valence-electron chi connectivity index (χ4n) is 4.57. The van der Waals surface area contributed by atoms with Gasteiger partial charge in [-0.1, -0.05) is 0 Å². The Balaban J connectivity index is 1.58. The highest BCUT2D eigenvalue weighted by atomic mass is 32.2. The van der Waals surface area contributed by atoms with E-state index in [1.54, 1.807) is 16.6 Å². The summed E-state index contributed by atoms with van der Waals surface area (Å²) in [5.74, 6) is -0.553. The molecule has 0 radical (unpaired) electrons. The van der Waals surface area contributed by atoms with Crippen molar-refractivity contribution in [2.45, 2.75) is 63.4 Å². The maximum Gasteiger partial charge on any atom is 0.279 e. The number of anilines is 1. The molecule has 41 heavy (non-hydrogen) atoms. The lowest BCUT2D eigenvalue weighted by Gasteiger charge is -2.31. The van der Waals surface area contributed by atoms with E-state index in [-0.39, 0.29) is 24.2 Å². The maximum absolute atomic E-state index is 14.3. The Morgan fingerprint density at radius 3 is 2.54 bits per heavy atom. The van der Waals surface area contributed by atoms with Gasteiger partial charge in [0.05, 0.1) is 52.1 Å². The summed E-state index contributed by atoms with van der Waals surface area (Å²) in [5, 5.41) is 29.4. The van der Waals surface area contributed by atoms with Crippen LogP contribution in [0.15, 0.2) is 36.7 Å². The maximum atomic E-state index is 14.3. The molecule has 4 rings (SSSR count). The van der Waals surface area contributed by atoms with E-state index < -0.39 is 27.9 Å². The number of fused-ring (bicyclic) bond motifs is 1. The van der Waals surface area contributed by atoms with Gasteiger partial charge in [-0.15, -0.1) is 0 Å². The van der Waals surface area contributed by atoms with Crippen LogP contribution in [-0.4, -0.2) is 82.8 Å². The summed E-state index contributed by atoms with van der Waals surface area (Å²) < 4.78 is 44.3. The van der Waals surface area contributed by atoms with Crippen molar-refractivity contribution in [3.05, 3.63) is 47.8 Å². The minimum absolute atomic E-state index is 0.0532. The zero-order valence-corrected chi connectivity index (χ0v) is 24.2. The molecular weight excluding hydrogens is 551 g/mol. The Morgan fingerprint density at radius 2 is 1.90 bits per heavy atom. The monoisotopic (exact) mass is 586 g/mol. The van der Waals surface area contributed by atoms with Crippen molar-refractivity contribution in [2.24, 2.45) is 0 Å². The van der Waals surface area contributed by atoms with Crippen LogP contribution < -0.4 is 15.4 Å². The minimum atomic E-state index is -3.54. The molecule has 3 aromatic rings. The molecule has 3 heterocycles. The fraction of sp³-hybridized carbons (Fsp3) is 0.481. The summed E-state index contributed by atoms with van der Waals surface area (Å²) in [6.45, 7) is 2.28. The third-order valence-electron chi connectivity index (χ3n) is 7.13. The Labute approximate surface area is 238 Å². The molecule has 1 aliphatic carbocycles. The number of nitrogens with zero attached hydrogens (tertiary/aromatic N) is 5. The first-order valence-electron chi connectivity index (χ1n) is 13.3. The van der Waals surface area contributed by atoms with Gasteiger partial charge in [0.1, 0.15) is 12.2 Å². The summed E-state index contributed by atoms with van der Waals surface area (Å²) in [7, 11) is -0.594. The summed E-state index contributed by atoms with van der Waals surface area (Å²) >= 11 is 0. The molecule has 1 aliphatic rings. The number of carbonyl (C=O) groups excluding carboxylic acids is 1. The van der Waals surface area contributed by atoms with Crippen molar-refractivity contribution in [3.63, 3.8) is 0 Å². The number of rotatable bonds is 10. The van der Waals surface area contributed by atoms with Crippen LogP contribution in [-0.2, 0) is 10.2 Å². The van der Waals surface area contributed by atoms with Crippen LogP contribution in [0.25, 0.3) is 16.9 Å². The molecule has 1 fully saturated rings. The first-order chi connectivity index (χ1) is 19.3. The summed E-state index contributed by atoms with van der Waals surface area (Å²) in [5.41, 5.74) is 1.36. The fourth-order valence-corrected chi connectivity index (χ4v) is 5.44. The van der Waals surface area contributed by atoms with Crippen LogP contribution in [0, 0.1) is 11.3 Å². The van der Waals surface area contributed by atoms with Crippen LogP contribution in [0.4, 0.5) is 10.1 Å². The van der Waals surface area contributed by atoms with E-state index in [0.29, 0.717) is 53.8 Å². The molecule has 0 saturated heterocycles. The number of nitrogens with one attached hydrogen (secondary N) is 3. The second-order valence-electron chi connectivity index (χ2n) is 11.0. The number of pyridine rings is 1. The largest absolute Gasteiger partial charge is 0.387 e. The smallest absolute Gasteiger partial charge is 0.279 e. The second kappa shape index (κ2) is 12.1. The van der Waals surface area contributed by atoms with Gasteiger partial charge >= 0.3 is 0 Å². The number of amides is 1. The van der Waals surface area contributed by atoms with E-state index in [0.717, 1.165) is 4.31 Å². The Kier molecular flexibility index (Phi) is 8.93. The Bertz CT molecular complexity index is 1550. The lowest BCUT2D eigenvalue weighted by molar-refractivity contribution is -0.00177. The Morgan fingerprint density at radius 1 is 1.22 bits per heavy atom. The van der Waals surface area contributed by atoms with Crippen molar-refractivity contribution in [3.8, 4) is 17.5 Å². The molecule has 0 unspecified atom stereocenters. The summed E-state index contributed by atoms with van der Waals surface area (Å²) in [6.07, 6.45) is 3.70. The number of alkyl halides is 1. The van der Waals surface area contributed by atoms with E-state index >= 15 is 0 Å². The first-order valence-corrected chi connectivity index (χ1v) is 14.7. The SMILES string of the molecule is CN(C)S(=O)(=O)NC1CCC(Nc2cc(-c3ccc4cc(C#N)cnn34)ncc2C(=O)NC[C@@H](F)C(C)(C)O)CC1. The van der Waals surface area contributed by atoms with Gasteiger partial charge in [0.15, 0.2) is 0 Å². The second-order valence-corrected chi connectivity index (χ2v) is 12.9. The molecule has 0 aliphatic heterocycles. The van der Waals surface area contributed by atoms with Crippen molar-refractivity contribution in [2.75, 3.05) is 26.0 Å². The molecule has 14 heteroatoms. The van der Waals surface area contributed by atoms with Gasteiger partial charge in [0.2, 0.25) is 0 Å². The highest BCUT2D eigenvalue weighted by molar-refractivity contribution is 7.87. The molecule has 1 saturated carbocycles. The van der Waals surface area contributed by atoms with Gasteiger partial charge in [-0.2, -0.15) is 27.8 Å². The molecule has 220 valence electrons. The predicted molar refractivity (Wildman–Crippen MR) is 152 cm³/mol. The third kappa shape index (κ3) is 7.17. The molecular formula is C27H35FN8O4S. The number of aliphatic hydroxyl groups is 1. The van der Waals surface area contributed by atoms with Crippen molar-refractivity contribution in [1.82, 2.24) is 28.9 Å². The lowest BCUT2D eigenvalue weighted by Crippen LogP contribution is -2.45. The van der Waals surface area contributed by atoms with E-state index in [4.69, 9.17) is 0 Å². The van der Waals surface area contributed by atoms with E-state index in [9.17, 15) is 28.0 Å². The van der Waals surface area contributed by atoms with Crippen molar-refractivity contribution >= 4 is 27.3 Å². The lowest BCUT2D eigenvalue weighted by atomic mass is 9.91. The normalized spacial score (nSPS) is 18.7. The Hall–Kier alpha value is -3.64. The van der Waals surface area contributed by atoms with Crippen molar-refractivity contribution < 1.29 is 22.7 Å². The zero-order chi connectivity index (χ0) is 29.9. The number of halogens is 1. The van der Waals surface area contributed by atoms with E-state index in [1.165, 1.54) is 40.3 Å². The van der Waals surface area contributed by atoms with Crippen LogP contribution in [0.3, 0.4) is 0 Å². The average Bonchev–Trinajstić information content (AvgIpc) is 3.35. The van der Waals surface area contributed by atoms with Crippen LogP contribution in [0.1, 0.15) is 55.5 Å². The summed E-state index contributed by atoms with van der Waals surface area (Å²) in [6, 6.07) is 8.87. The zero-order valence-electron chi connectivity index (χ0n) is 23.4. The number of nitriles is 1. The van der Waals surface area contributed by atoms with Gasteiger partial charge in [0, 0.05) is 32.4 Å². The molecule has 4 N–H and O–H groups in total. The standard InChI is InChI=1S/C27H35FN8O4S/c1-27(2,38)25(28)16-31-26(37)21-15-30-23(24-10-9-20-11-17(13-29)14-32-36(20)24)12-22(21)33-18-5-7-19(8-6-18)34-41(39,40)35(3)4/h9-12,14-15,18-19,25,34,38H,5-8,16H2,1-4H3,(H,30,33)(H,31,37)/t18?,19?,25-/m1/s1. The highest BCUT2D eigenvalue weighted by Gasteiger charge is 2.29.